The molecule has 156 valence electrons. The summed E-state index contributed by atoms with van der Waals surface area (Å²) in [5, 5.41) is 11.9. The fraction of sp³-hybridized carbons (Fsp3) is 0.375. The van der Waals surface area contributed by atoms with Crippen LogP contribution in [0.3, 0.4) is 0 Å². The maximum absolute atomic E-state index is 12.7. The zero-order valence-corrected chi connectivity index (χ0v) is 17.3. The molecule has 1 aliphatic rings. The van der Waals surface area contributed by atoms with Crippen LogP contribution >= 0.6 is 0 Å². The molecule has 1 saturated heterocycles. The lowest BCUT2D eigenvalue weighted by molar-refractivity contribution is -0.154. The van der Waals surface area contributed by atoms with Gasteiger partial charge >= 0.3 is 5.97 Å². The van der Waals surface area contributed by atoms with Gasteiger partial charge in [0, 0.05) is 19.5 Å². The number of piperidine rings is 1. The van der Waals surface area contributed by atoms with Crippen molar-refractivity contribution in [2.45, 2.75) is 37.8 Å². The average molecular weight is 405 g/mol. The molecule has 0 aliphatic carbocycles. The minimum atomic E-state index is -1.02. The molecule has 2 aromatic carbocycles. The number of ether oxygens (including phenoxy) is 1. The Morgan fingerprint density at radius 1 is 1.13 bits per heavy atom. The predicted molar refractivity (Wildman–Crippen MR) is 113 cm³/mol. The van der Waals surface area contributed by atoms with Crippen molar-refractivity contribution in [1.82, 2.24) is 10.2 Å². The first-order chi connectivity index (χ1) is 14.5. The van der Waals surface area contributed by atoms with E-state index in [4.69, 9.17) is 10.00 Å². The normalized spacial score (nSPS) is 18.9. The zero-order valence-electron chi connectivity index (χ0n) is 17.3. The van der Waals surface area contributed by atoms with Crippen molar-refractivity contribution in [3.63, 3.8) is 0 Å². The first-order valence-corrected chi connectivity index (χ1v) is 10.2. The van der Waals surface area contributed by atoms with Crippen LogP contribution in [0.5, 0.6) is 0 Å². The summed E-state index contributed by atoms with van der Waals surface area (Å²) in [6.07, 6.45) is 2.18. The molecule has 2 aromatic rings. The molecular weight excluding hydrogens is 378 g/mol. The number of rotatable bonds is 7. The summed E-state index contributed by atoms with van der Waals surface area (Å²) in [6, 6.07) is 19.4. The summed E-state index contributed by atoms with van der Waals surface area (Å²) < 4.78 is 5.07. The maximum atomic E-state index is 12.7. The highest BCUT2D eigenvalue weighted by molar-refractivity contribution is 5.88. The third-order valence-electron chi connectivity index (χ3n) is 5.50. The largest absolute Gasteiger partial charge is 0.467 e. The third kappa shape index (κ3) is 5.46. The molecule has 1 fully saturated rings. The molecular formula is C24H27N3O3. The summed E-state index contributed by atoms with van der Waals surface area (Å²) in [4.78, 5) is 27.6. The van der Waals surface area contributed by atoms with Gasteiger partial charge in [-0.1, -0.05) is 42.5 Å². The van der Waals surface area contributed by atoms with E-state index in [2.05, 4.69) is 28.4 Å². The molecule has 1 aliphatic heterocycles. The molecule has 1 heterocycles. The van der Waals surface area contributed by atoms with Crippen LogP contribution in [-0.4, -0.2) is 42.5 Å². The number of benzene rings is 2. The standard InChI is InChI=1S/C24H27N3O3/c1-30-23(29)24(14-5-15-27(18-24)17-21-6-3-2-4-7-21)26-22(28)13-12-19-8-10-20(16-25)11-9-19/h2-4,6-11H,5,12-15,17-18H2,1H3,(H,26,28)/t24-/m0/s1. The lowest BCUT2D eigenvalue weighted by atomic mass is 9.88. The maximum Gasteiger partial charge on any atom is 0.332 e. The van der Waals surface area contributed by atoms with Crippen molar-refractivity contribution in [1.29, 1.82) is 5.26 Å². The highest BCUT2D eigenvalue weighted by Gasteiger charge is 2.44. The van der Waals surface area contributed by atoms with Gasteiger partial charge in [-0.15, -0.1) is 0 Å². The quantitative estimate of drug-likeness (QED) is 0.717. The van der Waals surface area contributed by atoms with Crippen LogP contribution in [0.15, 0.2) is 54.6 Å². The van der Waals surface area contributed by atoms with Crippen LogP contribution in [0.4, 0.5) is 0 Å². The number of nitrogens with zero attached hydrogens (tertiary/aromatic N) is 2. The number of methoxy groups -OCH3 is 1. The molecule has 0 saturated carbocycles. The number of amides is 1. The molecule has 0 radical (unpaired) electrons. The number of esters is 1. The first kappa shape index (κ1) is 21.5. The Hall–Kier alpha value is -3.17. The van der Waals surface area contributed by atoms with Gasteiger partial charge in [0.2, 0.25) is 5.91 Å². The molecule has 6 heteroatoms. The van der Waals surface area contributed by atoms with Gasteiger partial charge in [0.15, 0.2) is 5.54 Å². The second kappa shape index (κ2) is 10.0. The molecule has 6 nitrogen and oxygen atoms in total. The minimum Gasteiger partial charge on any atom is -0.467 e. The zero-order chi connectivity index (χ0) is 21.4. The van der Waals surface area contributed by atoms with Gasteiger partial charge in [0.25, 0.3) is 0 Å². The molecule has 30 heavy (non-hydrogen) atoms. The smallest absolute Gasteiger partial charge is 0.332 e. The fourth-order valence-corrected chi connectivity index (χ4v) is 3.97. The van der Waals surface area contributed by atoms with Gasteiger partial charge in [-0.3, -0.25) is 9.69 Å². The highest BCUT2D eigenvalue weighted by Crippen LogP contribution is 2.25. The van der Waals surface area contributed by atoms with Gasteiger partial charge in [-0.2, -0.15) is 5.26 Å². The van der Waals surface area contributed by atoms with Crippen LogP contribution < -0.4 is 5.32 Å². The van der Waals surface area contributed by atoms with E-state index in [-0.39, 0.29) is 12.3 Å². The lowest BCUT2D eigenvalue weighted by Crippen LogP contribution is -2.63. The van der Waals surface area contributed by atoms with Crippen molar-refractivity contribution < 1.29 is 14.3 Å². The molecule has 1 amide bonds. The first-order valence-electron chi connectivity index (χ1n) is 10.2. The van der Waals surface area contributed by atoms with Crippen LogP contribution in [0.1, 0.15) is 36.0 Å². The number of carbonyl (C=O) groups excluding carboxylic acids is 2. The van der Waals surface area contributed by atoms with Crippen molar-refractivity contribution in [2.24, 2.45) is 0 Å². The van der Waals surface area contributed by atoms with E-state index in [1.807, 2.05) is 30.3 Å². The Balaban J connectivity index is 1.64. The van der Waals surface area contributed by atoms with Crippen LogP contribution in [0.25, 0.3) is 0 Å². The predicted octanol–water partition coefficient (Wildman–Crippen LogP) is 2.81. The van der Waals surface area contributed by atoms with E-state index in [9.17, 15) is 9.59 Å². The SMILES string of the molecule is COC(=O)[C@]1(NC(=O)CCc2ccc(C#N)cc2)CCCN(Cc2ccccc2)C1. The Labute approximate surface area is 177 Å². The van der Waals surface area contributed by atoms with Crippen LogP contribution in [0, 0.1) is 11.3 Å². The summed E-state index contributed by atoms with van der Waals surface area (Å²) >= 11 is 0. The second-order valence-electron chi connectivity index (χ2n) is 7.73. The van der Waals surface area contributed by atoms with Crippen LogP contribution in [0.2, 0.25) is 0 Å². The molecule has 0 bridgehead atoms. The van der Waals surface area contributed by atoms with Crippen molar-refractivity contribution in [3.05, 3.63) is 71.3 Å². The van der Waals surface area contributed by atoms with Crippen molar-refractivity contribution in [2.75, 3.05) is 20.2 Å². The Morgan fingerprint density at radius 3 is 2.53 bits per heavy atom. The highest BCUT2D eigenvalue weighted by atomic mass is 16.5. The minimum absolute atomic E-state index is 0.175. The summed E-state index contributed by atoms with van der Waals surface area (Å²) in [5.74, 6) is -0.571. The van der Waals surface area contributed by atoms with Crippen molar-refractivity contribution >= 4 is 11.9 Å². The fourth-order valence-electron chi connectivity index (χ4n) is 3.97. The van der Waals surface area contributed by atoms with Gasteiger partial charge in [0.1, 0.15) is 0 Å². The molecule has 3 rings (SSSR count). The van der Waals surface area contributed by atoms with Crippen LogP contribution in [-0.2, 0) is 27.3 Å². The number of nitriles is 1. The van der Waals surface area contributed by atoms with E-state index in [1.165, 1.54) is 12.7 Å². The van der Waals surface area contributed by atoms with Gasteiger partial charge in [-0.05, 0) is 49.1 Å². The molecule has 0 aromatic heterocycles. The summed E-state index contributed by atoms with van der Waals surface area (Å²) in [7, 11) is 1.36. The number of aryl methyl sites for hydroxylation is 1. The summed E-state index contributed by atoms with van der Waals surface area (Å²) in [6.45, 7) is 2.02. The Morgan fingerprint density at radius 2 is 1.87 bits per heavy atom. The van der Waals surface area contributed by atoms with E-state index in [0.29, 0.717) is 24.9 Å². The van der Waals surface area contributed by atoms with E-state index in [0.717, 1.165) is 25.1 Å². The number of nitrogens with one attached hydrogen (secondary N) is 1. The Bertz CT molecular complexity index is 906. The monoisotopic (exact) mass is 405 g/mol. The molecule has 0 spiro atoms. The number of hydrogen-bond acceptors (Lipinski definition) is 5. The third-order valence-corrected chi connectivity index (χ3v) is 5.50. The van der Waals surface area contributed by atoms with E-state index in [1.54, 1.807) is 12.1 Å². The lowest BCUT2D eigenvalue weighted by Gasteiger charge is -2.41. The van der Waals surface area contributed by atoms with Crippen molar-refractivity contribution in [3.8, 4) is 6.07 Å². The number of likely N-dealkylation sites (tertiary alicyclic amines) is 1. The molecule has 1 atom stereocenters. The Kier molecular flexibility index (Phi) is 7.21. The topological polar surface area (TPSA) is 82.4 Å². The summed E-state index contributed by atoms with van der Waals surface area (Å²) in [5.41, 5.74) is 1.72. The van der Waals surface area contributed by atoms with Gasteiger partial charge in [0.05, 0.1) is 18.7 Å². The average Bonchev–Trinajstić information content (AvgIpc) is 2.78. The number of carbonyl (C=O) groups is 2. The van der Waals surface area contributed by atoms with Gasteiger partial charge < -0.3 is 10.1 Å². The van der Waals surface area contributed by atoms with E-state index < -0.39 is 11.5 Å². The molecule has 1 N–H and O–H groups in total. The van der Waals surface area contributed by atoms with E-state index >= 15 is 0 Å². The van der Waals surface area contributed by atoms with Gasteiger partial charge in [-0.25, -0.2) is 4.79 Å². The molecule has 0 unspecified atom stereocenters. The number of hydrogen-bond donors (Lipinski definition) is 1. The second-order valence-corrected chi connectivity index (χ2v) is 7.73.